The predicted molar refractivity (Wildman–Crippen MR) is 94.1 cm³/mol. The number of aromatic hydroxyl groups is 1. The first-order valence-corrected chi connectivity index (χ1v) is 8.00. The van der Waals surface area contributed by atoms with Crippen LogP contribution in [0.5, 0.6) is 5.75 Å². The van der Waals surface area contributed by atoms with Crippen molar-refractivity contribution >= 4 is 11.6 Å². The SMILES string of the molecule is Cc1ccc(-n2ncc(C(=O)Nc3ccc(C)cc3O)c2C(F)(F)F)cc1. The molecule has 2 N–H and O–H groups in total. The Labute approximate surface area is 153 Å². The summed E-state index contributed by atoms with van der Waals surface area (Å²) in [6.07, 6.45) is -3.94. The van der Waals surface area contributed by atoms with Gasteiger partial charge in [-0.1, -0.05) is 23.8 Å². The minimum Gasteiger partial charge on any atom is -0.506 e. The highest BCUT2D eigenvalue weighted by atomic mass is 19.4. The number of anilines is 1. The molecule has 0 spiro atoms. The number of hydrogen-bond donors (Lipinski definition) is 2. The largest absolute Gasteiger partial charge is 0.506 e. The molecule has 0 saturated carbocycles. The number of nitrogens with zero attached hydrogens (tertiary/aromatic N) is 2. The summed E-state index contributed by atoms with van der Waals surface area (Å²) in [5.41, 5.74) is 0.00595. The molecule has 0 atom stereocenters. The summed E-state index contributed by atoms with van der Waals surface area (Å²) < 4.78 is 41.6. The third-order valence-electron chi connectivity index (χ3n) is 3.96. The molecule has 0 radical (unpaired) electrons. The van der Waals surface area contributed by atoms with E-state index in [1.54, 1.807) is 25.1 Å². The number of halogens is 3. The number of nitrogens with one attached hydrogen (secondary N) is 1. The summed E-state index contributed by atoms with van der Waals surface area (Å²) >= 11 is 0. The Hall–Kier alpha value is -3.29. The van der Waals surface area contributed by atoms with Crippen molar-refractivity contribution in [2.45, 2.75) is 20.0 Å². The molecule has 5 nitrogen and oxygen atoms in total. The lowest BCUT2D eigenvalue weighted by atomic mass is 10.1. The molecule has 1 heterocycles. The highest BCUT2D eigenvalue weighted by Crippen LogP contribution is 2.34. The number of phenolic OH excluding ortho intramolecular Hbond substituents is 1. The van der Waals surface area contributed by atoms with E-state index in [0.29, 0.717) is 4.68 Å². The van der Waals surface area contributed by atoms with Crippen LogP contribution in [0, 0.1) is 13.8 Å². The molecule has 0 saturated heterocycles. The summed E-state index contributed by atoms with van der Waals surface area (Å²) in [7, 11) is 0. The number of rotatable bonds is 3. The van der Waals surface area contributed by atoms with Crippen LogP contribution in [0.15, 0.2) is 48.7 Å². The van der Waals surface area contributed by atoms with Gasteiger partial charge in [-0.15, -0.1) is 0 Å². The molecule has 3 rings (SSSR count). The van der Waals surface area contributed by atoms with E-state index in [4.69, 9.17) is 0 Å². The van der Waals surface area contributed by atoms with Gasteiger partial charge in [-0.3, -0.25) is 4.79 Å². The lowest BCUT2D eigenvalue weighted by Crippen LogP contribution is -2.20. The van der Waals surface area contributed by atoms with E-state index >= 15 is 0 Å². The molecule has 8 heteroatoms. The summed E-state index contributed by atoms with van der Waals surface area (Å²) in [5, 5.41) is 15.9. The fourth-order valence-electron chi connectivity index (χ4n) is 2.61. The molecular weight excluding hydrogens is 359 g/mol. The van der Waals surface area contributed by atoms with Crippen molar-refractivity contribution < 1.29 is 23.1 Å². The second kappa shape index (κ2) is 6.79. The van der Waals surface area contributed by atoms with E-state index in [9.17, 15) is 23.1 Å². The number of phenols is 1. The van der Waals surface area contributed by atoms with Gasteiger partial charge in [0.2, 0.25) is 0 Å². The maximum Gasteiger partial charge on any atom is 0.434 e. The summed E-state index contributed by atoms with van der Waals surface area (Å²) in [4.78, 5) is 12.4. The Morgan fingerprint density at radius 2 is 1.70 bits per heavy atom. The Morgan fingerprint density at radius 1 is 1.07 bits per heavy atom. The second-order valence-corrected chi connectivity index (χ2v) is 6.13. The quantitative estimate of drug-likeness (QED) is 0.664. The second-order valence-electron chi connectivity index (χ2n) is 6.13. The monoisotopic (exact) mass is 375 g/mol. The molecule has 0 aliphatic rings. The van der Waals surface area contributed by atoms with Gasteiger partial charge in [-0.2, -0.15) is 18.3 Å². The number of carbonyl (C=O) groups is 1. The Bertz CT molecular complexity index is 992. The van der Waals surface area contributed by atoms with Crippen LogP contribution < -0.4 is 5.32 Å². The normalized spacial score (nSPS) is 11.4. The van der Waals surface area contributed by atoms with Crippen LogP contribution in [0.25, 0.3) is 5.69 Å². The van der Waals surface area contributed by atoms with Crippen molar-refractivity contribution in [3.05, 3.63) is 71.0 Å². The molecule has 140 valence electrons. The molecule has 1 aromatic heterocycles. The highest BCUT2D eigenvalue weighted by Gasteiger charge is 2.40. The van der Waals surface area contributed by atoms with Gasteiger partial charge >= 0.3 is 6.18 Å². The predicted octanol–water partition coefficient (Wildman–Crippen LogP) is 4.47. The van der Waals surface area contributed by atoms with Crippen molar-refractivity contribution in [2.24, 2.45) is 0 Å². The fourth-order valence-corrected chi connectivity index (χ4v) is 2.61. The average molecular weight is 375 g/mol. The third-order valence-corrected chi connectivity index (χ3v) is 3.96. The molecule has 3 aromatic rings. The summed E-state index contributed by atoms with van der Waals surface area (Å²) in [6, 6.07) is 10.7. The van der Waals surface area contributed by atoms with E-state index < -0.39 is 23.3 Å². The zero-order valence-corrected chi connectivity index (χ0v) is 14.5. The van der Waals surface area contributed by atoms with Crippen LogP contribution in [0.1, 0.15) is 27.2 Å². The average Bonchev–Trinajstić information content (AvgIpc) is 3.03. The van der Waals surface area contributed by atoms with Gasteiger partial charge < -0.3 is 10.4 Å². The summed E-state index contributed by atoms with van der Waals surface area (Å²) in [5.74, 6) is -1.25. The molecular formula is C19H16F3N3O2. The Morgan fingerprint density at radius 3 is 2.30 bits per heavy atom. The first-order valence-electron chi connectivity index (χ1n) is 8.00. The van der Waals surface area contributed by atoms with Crippen molar-refractivity contribution in [3.8, 4) is 11.4 Å². The minimum atomic E-state index is -4.80. The van der Waals surface area contributed by atoms with Gasteiger partial charge in [0.15, 0.2) is 5.69 Å². The Balaban J connectivity index is 2.02. The molecule has 0 bridgehead atoms. The number of benzene rings is 2. The van der Waals surface area contributed by atoms with Crippen LogP contribution >= 0.6 is 0 Å². The Kier molecular flexibility index (Phi) is 4.65. The standard InChI is InChI=1S/C19H16F3N3O2/c1-11-3-6-13(7-4-11)25-17(19(20,21)22)14(10-23-25)18(27)24-15-8-5-12(2)9-16(15)26/h3-10,26H,1-2H3,(H,24,27). The number of alkyl halides is 3. The van der Waals surface area contributed by atoms with E-state index in [-0.39, 0.29) is 17.1 Å². The number of hydrogen-bond acceptors (Lipinski definition) is 3. The van der Waals surface area contributed by atoms with E-state index in [1.165, 1.54) is 24.3 Å². The van der Waals surface area contributed by atoms with Gasteiger partial charge in [-0.05, 0) is 43.7 Å². The van der Waals surface area contributed by atoms with Crippen LogP contribution in [-0.2, 0) is 6.18 Å². The van der Waals surface area contributed by atoms with Gasteiger partial charge in [0.05, 0.1) is 23.1 Å². The fraction of sp³-hybridized carbons (Fsp3) is 0.158. The molecule has 0 aliphatic carbocycles. The van der Waals surface area contributed by atoms with Crippen molar-refractivity contribution in [1.29, 1.82) is 0 Å². The first kappa shape index (κ1) is 18.5. The molecule has 0 unspecified atom stereocenters. The molecule has 27 heavy (non-hydrogen) atoms. The van der Waals surface area contributed by atoms with Crippen LogP contribution in [0.3, 0.4) is 0 Å². The molecule has 2 aromatic carbocycles. The van der Waals surface area contributed by atoms with Gasteiger partial charge in [0, 0.05) is 0 Å². The molecule has 0 aliphatic heterocycles. The van der Waals surface area contributed by atoms with Crippen molar-refractivity contribution in [2.75, 3.05) is 5.32 Å². The van der Waals surface area contributed by atoms with E-state index in [2.05, 4.69) is 10.4 Å². The van der Waals surface area contributed by atoms with E-state index in [1.807, 2.05) is 6.92 Å². The maximum atomic E-state index is 13.6. The number of amides is 1. The van der Waals surface area contributed by atoms with Gasteiger partial charge in [-0.25, -0.2) is 4.68 Å². The first-order chi connectivity index (χ1) is 12.7. The van der Waals surface area contributed by atoms with Crippen molar-refractivity contribution in [1.82, 2.24) is 9.78 Å². The minimum absolute atomic E-state index is 0.0156. The topological polar surface area (TPSA) is 67.2 Å². The van der Waals surface area contributed by atoms with Crippen LogP contribution in [-0.4, -0.2) is 20.8 Å². The number of carbonyl (C=O) groups excluding carboxylic acids is 1. The number of aryl methyl sites for hydroxylation is 2. The number of aromatic nitrogens is 2. The lowest BCUT2D eigenvalue weighted by Gasteiger charge is -2.13. The molecule has 0 fully saturated rings. The van der Waals surface area contributed by atoms with Crippen LogP contribution in [0.4, 0.5) is 18.9 Å². The van der Waals surface area contributed by atoms with Crippen LogP contribution in [0.2, 0.25) is 0 Å². The summed E-state index contributed by atoms with van der Waals surface area (Å²) in [6.45, 7) is 3.54. The molecule has 1 amide bonds. The van der Waals surface area contributed by atoms with Gasteiger partial charge in [0.1, 0.15) is 5.75 Å². The smallest absolute Gasteiger partial charge is 0.434 e. The lowest BCUT2D eigenvalue weighted by molar-refractivity contribution is -0.143. The third kappa shape index (κ3) is 3.79. The van der Waals surface area contributed by atoms with E-state index in [0.717, 1.165) is 17.3 Å². The van der Waals surface area contributed by atoms with Gasteiger partial charge in [0.25, 0.3) is 5.91 Å². The zero-order valence-electron chi connectivity index (χ0n) is 14.5. The highest BCUT2D eigenvalue weighted by molar-refractivity contribution is 6.05. The maximum absolute atomic E-state index is 13.6. The zero-order chi connectivity index (χ0) is 19.8. The van der Waals surface area contributed by atoms with Crippen molar-refractivity contribution in [3.63, 3.8) is 0 Å².